The molecule has 0 saturated carbocycles. The van der Waals surface area contributed by atoms with Gasteiger partial charge in [0.25, 0.3) is 5.91 Å². The lowest BCUT2D eigenvalue weighted by atomic mass is 10.0. The van der Waals surface area contributed by atoms with Crippen molar-refractivity contribution in [2.75, 3.05) is 19.0 Å². The molecule has 1 N–H and O–H groups in total. The standard InChI is InChI=1S/C23H19F2NO4/c1-3-30-16-8-6-7-14(11-16)15-12-19(24)21(20(25)13-15)26-22(27)17-9-4-5-10-18(17)23(28)29-2/h4-13H,3H2,1-2H3,(H,26,27). The summed E-state index contributed by atoms with van der Waals surface area (Å²) >= 11 is 0. The number of hydrogen-bond donors (Lipinski definition) is 1. The van der Waals surface area contributed by atoms with E-state index < -0.39 is 29.2 Å². The third-order valence-electron chi connectivity index (χ3n) is 4.34. The summed E-state index contributed by atoms with van der Waals surface area (Å²) < 4.78 is 39.4. The SMILES string of the molecule is CCOc1cccc(-c2cc(F)c(NC(=O)c3ccccc3C(=O)OC)c(F)c2)c1. The van der Waals surface area contributed by atoms with Crippen LogP contribution in [0.1, 0.15) is 27.6 Å². The fourth-order valence-electron chi connectivity index (χ4n) is 2.94. The Morgan fingerprint density at radius 1 is 0.900 bits per heavy atom. The first-order chi connectivity index (χ1) is 14.4. The molecule has 0 aromatic heterocycles. The lowest BCUT2D eigenvalue weighted by Crippen LogP contribution is -2.18. The third kappa shape index (κ3) is 4.46. The smallest absolute Gasteiger partial charge is 0.338 e. The van der Waals surface area contributed by atoms with Crippen molar-refractivity contribution in [3.63, 3.8) is 0 Å². The van der Waals surface area contributed by atoms with E-state index in [1.54, 1.807) is 30.3 Å². The van der Waals surface area contributed by atoms with Gasteiger partial charge in [-0.25, -0.2) is 13.6 Å². The summed E-state index contributed by atoms with van der Waals surface area (Å²) in [4.78, 5) is 24.4. The largest absolute Gasteiger partial charge is 0.494 e. The van der Waals surface area contributed by atoms with Crippen molar-refractivity contribution in [2.24, 2.45) is 0 Å². The van der Waals surface area contributed by atoms with Gasteiger partial charge in [-0.15, -0.1) is 0 Å². The molecule has 3 aromatic rings. The van der Waals surface area contributed by atoms with Crippen LogP contribution in [-0.4, -0.2) is 25.6 Å². The van der Waals surface area contributed by atoms with E-state index >= 15 is 0 Å². The lowest BCUT2D eigenvalue weighted by molar-refractivity contribution is 0.0597. The Balaban J connectivity index is 1.91. The molecule has 1 amide bonds. The number of carbonyl (C=O) groups is 2. The first-order valence-corrected chi connectivity index (χ1v) is 9.15. The number of ether oxygens (including phenoxy) is 2. The van der Waals surface area contributed by atoms with Crippen molar-refractivity contribution < 1.29 is 27.8 Å². The zero-order valence-electron chi connectivity index (χ0n) is 16.4. The van der Waals surface area contributed by atoms with Crippen LogP contribution >= 0.6 is 0 Å². The highest BCUT2D eigenvalue weighted by atomic mass is 19.1. The van der Waals surface area contributed by atoms with Gasteiger partial charge in [0.15, 0.2) is 0 Å². The van der Waals surface area contributed by atoms with E-state index in [0.717, 1.165) is 12.1 Å². The number of halogens is 2. The monoisotopic (exact) mass is 411 g/mol. The molecule has 7 heteroatoms. The molecule has 0 spiro atoms. The first kappa shape index (κ1) is 21.0. The van der Waals surface area contributed by atoms with Crippen molar-refractivity contribution in [2.45, 2.75) is 6.92 Å². The van der Waals surface area contributed by atoms with Crippen LogP contribution in [0.3, 0.4) is 0 Å². The fraction of sp³-hybridized carbons (Fsp3) is 0.130. The Morgan fingerprint density at radius 2 is 1.57 bits per heavy atom. The molecular weight excluding hydrogens is 392 g/mol. The minimum Gasteiger partial charge on any atom is -0.494 e. The zero-order chi connectivity index (χ0) is 21.7. The maximum Gasteiger partial charge on any atom is 0.338 e. The quantitative estimate of drug-likeness (QED) is 0.575. The second kappa shape index (κ2) is 9.17. The Kier molecular flexibility index (Phi) is 6.41. The summed E-state index contributed by atoms with van der Waals surface area (Å²) in [7, 11) is 1.18. The fourth-order valence-corrected chi connectivity index (χ4v) is 2.94. The van der Waals surface area contributed by atoms with Crippen molar-refractivity contribution >= 4 is 17.6 Å². The number of rotatable bonds is 6. The molecule has 0 aliphatic carbocycles. The number of benzene rings is 3. The predicted octanol–water partition coefficient (Wildman–Crippen LogP) is 5.07. The molecule has 0 radical (unpaired) electrons. The number of amides is 1. The topological polar surface area (TPSA) is 64.6 Å². The van der Waals surface area contributed by atoms with Gasteiger partial charge in [0.1, 0.15) is 23.1 Å². The first-order valence-electron chi connectivity index (χ1n) is 9.15. The normalized spacial score (nSPS) is 10.4. The van der Waals surface area contributed by atoms with Crippen LogP contribution in [0.15, 0.2) is 60.7 Å². The van der Waals surface area contributed by atoms with E-state index in [4.69, 9.17) is 4.74 Å². The summed E-state index contributed by atoms with van der Waals surface area (Å²) in [5, 5.41) is 2.20. The van der Waals surface area contributed by atoms with Gasteiger partial charge in [0, 0.05) is 0 Å². The summed E-state index contributed by atoms with van der Waals surface area (Å²) in [6.45, 7) is 2.30. The highest BCUT2D eigenvalue weighted by molar-refractivity contribution is 6.11. The molecule has 0 fully saturated rings. The van der Waals surface area contributed by atoms with E-state index in [2.05, 4.69) is 10.1 Å². The molecule has 0 aliphatic heterocycles. The summed E-state index contributed by atoms with van der Waals surface area (Å²) in [6.07, 6.45) is 0. The van der Waals surface area contributed by atoms with Crippen LogP contribution in [0.5, 0.6) is 5.75 Å². The summed E-state index contributed by atoms with van der Waals surface area (Å²) in [5.74, 6) is -2.88. The van der Waals surface area contributed by atoms with E-state index in [1.807, 2.05) is 6.92 Å². The molecule has 154 valence electrons. The van der Waals surface area contributed by atoms with Crippen LogP contribution in [-0.2, 0) is 4.74 Å². The molecule has 0 unspecified atom stereocenters. The van der Waals surface area contributed by atoms with E-state index in [1.165, 1.54) is 25.3 Å². The average molecular weight is 411 g/mol. The number of anilines is 1. The number of methoxy groups -OCH3 is 1. The molecule has 5 nitrogen and oxygen atoms in total. The van der Waals surface area contributed by atoms with Crippen molar-refractivity contribution in [3.8, 4) is 16.9 Å². The van der Waals surface area contributed by atoms with Gasteiger partial charge in [-0.1, -0.05) is 24.3 Å². The Morgan fingerprint density at radius 3 is 2.20 bits per heavy atom. The lowest BCUT2D eigenvalue weighted by Gasteiger charge is -2.12. The van der Waals surface area contributed by atoms with Gasteiger partial charge in [-0.3, -0.25) is 4.79 Å². The molecule has 0 atom stereocenters. The number of hydrogen-bond acceptors (Lipinski definition) is 4. The van der Waals surface area contributed by atoms with Gasteiger partial charge in [-0.05, 0) is 54.4 Å². The second-order valence-electron chi connectivity index (χ2n) is 6.27. The third-order valence-corrected chi connectivity index (χ3v) is 4.34. The average Bonchev–Trinajstić information content (AvgIpc) is 2.76. The molecule has 3 aromatic carbocycles. The van der Waals surface area contributed by atoms with Crippen LogP contribution in [0.2, 0.25) is 0 Å². The molecule has 0 bridgehead atoms. The van der Waals surface area contributed by atoms with Gasteiger partial charge in [0.05, 0.1) is 24.8 Å². The van der Waals surface area contributed by atoms with Gasteiger partial charge in [-0.2, -0.15) is 0 Å². The summed E-state index contributed by atoms with van der Waals surface area (Å²) in [5.41, 5.74) is 0.177. The molecular formula is C23H19F2NO4. The van der Waals surface area contributed by atoms with Crippen LogP contribution in [0.4, 0.5) is 14.5 Å². The van der Waals surface area contributed by atoms with Crippen molar-refractivity contribution in [1.29, 1.82) is 0 Å². The molecule has 0 aliphatic rings. The minimum absolute atomic E-state index is 0.0114. The molecule has 0 heterocycles. The highest BCUT2D eigenvalue weighted by Gasteiger charge is 2.20. The molecule has 30 heavy (non-hydrogen) atoms. The van der Waals surface area contributed by atoms with Gasteiger partial charge < -0.3 is 14.8 Å². The van der Waals surface area contributed by atoms with Crippen LogP contribution in [0.25, 0.3) is 11.1 Å². The maximum atomic E-state index is 14.7. The molecule has 3 rings (SSSR count). The van der Waals surface area contributed by atoms with Gasteiger partial charge >= 0.3 is 5.97 Å². The van der Waals surface area contributed by atoms with Crippen LogP contribution in [0, 0.1) is 11.6 Å². The number of nitrogens with one attached hydrogen (secondary N) is 1. The highest BCUT2D eigenvalue weighted by Crippen LogP contribution is 2.30. The van der Waals surface area contributed by atoms with Gasteiger partial charge in [0.2, 0.25) is 0 Å². The number of esters is 1. The Labute approximate surface area is 172 Å². The van der Waals surface area contributed by atoms with Crippen molar-refractivity contribution in [1.82, 2.24) is 0 Å². The minimum atomic E-state index is -0.948. The Hall–Kier alpha value is -3.74. The van der Waals surface area contributed by atoms with E-state index in [9.17, 15) is 18.4 Å². The van der Waals surface area contributed by atoms with Crippen LogP contribution < -0.4 is 10.1 Å². The van der Waals surface area contributed by atoms with Crippen molar-refractivity contribution in [3.05, 3.63) is 83.4 Å². The second-order valence-corrected chi connectivity index (χ2v) is 6.27. The maximum absolute atomic E-state index is 14.7. The van der Waals surface area contributed by atoms with E-state index in [-0.39, 0.29) is 11.1 Å². The number of carbonyl (C=O) groups excluding carboxylic acids is 2. The summed E-state index contributed by atoms with van der Waals surface area (Å²) in [6, 6.07) is 14.9. The predicted molar refractivity (Wildman–Crippen MR) is 109 cm³/mol. The zero-order valence-corrected chi connectivity index (χ0v) is 16.4. The van der Waals surface area contributed by atoms with E-state index in [0.29, 0.717) is 23.5 Å². The molecule has 0 saturated heterocycles. The Bertz CT molecular complexity index is 1080.